The molecule has 1 aromatic carbocycles. The van der Waals surface area contributed by atoms with Gasteiger partial charge in [0.1, 0.15) is 0 Å². The van der Waals surface area contributed by atoms with Crippen LogP contribution in [-0.2, 0) is 4.79 Å². The Kier molecular flexibility index (Phi) is 4.75. The van der Waals surface area contributed by atoms with E-state index >= 15 is 0 Å². The summed E-state index contributed by atoms with van der Waals surface area (Å²) in [6.45, 7) is 5.37. The zero-order valence-corrected chi connectivity index (χ0v) is 12.6. The molecular weight excluding hydrogens is 266 g/mol. The van der Waals surface area contributed by atoms with Crippen molar-refractivity contribution in [3.05, 3.63) is 35.9 Å². The average Bonchev–Trinajstić information content (AvgIpc) is 2.85. The Morgan fingerprint density at radius 3 is 2.62 bits per heavy atom. The SMILES string of the molecule is CC(C)(N)CN1CCCC1C(=O)NC(=O)c1ccccc1. The Hall–Kier alpha value is -1.72. The first kappa shape index (κ1) is 15.7. The van der Waals surface area contributed by atoms with Crippen LogP contribution in [0.1, 0.15) is 37.0 Å². The van der Waals surface area contributed by atoms with Crippen LogP contribution in [0.25, 0.3) is 0 Å². The van der Waals surface area contributed by atoms with Gasteiger partial charge in [-0.25, -0.2) is 0 Å². The lowest BCUT2D eigenvalue weighted by Gasteiger charge is -2.30. The van der Waals surface area contributed by atoms with Crippen LogP contribution < -0.4 is 11.1 Å². The summed E-state index contributed by atoms with van der Waals surface area (Å²) < 4.78 is 0. The Morgan fingerprint density at radius 2 is 2.00 bits per heavy atom. The molecule has 0 aromatic heterocycles. The molecule has 1 aromatic rings. The van der Waals surface area contributed by atoms with E-state index in [1.165, 1.54) is 0 Å². The number of amides is 2. The number of nitrogens with two attached hydrogens (primary N) is 1. The predicted octanol–water partition coefficient (Wildman–Crippen LogP) is 1.14. The van der Waals surface area contributed by atoms with Crippen LogP contribution in [-0.4, -0.2) is 41.4 Å². The Labute approximate surface area is 125 Å². The van der Waals surface area contributed by atoms with E-state index in [4.69, 9.17) is 5.73 Å². The number of nitrogens with one attached hydrogen (secondary N) is 1. The number of carbonyl (C=O) groups is 2. The van der Waals surface area contributed by atoms with E-state index in [0.29, 0.717) is 12.1 Å². The van der Waals surface area contributed by atoms with Gasteiger partial charge in [-0.2, -0.15) is 0 Å². The molecule has 3 N–H and O–H groups in total. The summed E-state index contributed by atoms with van der Waals surface area (Å²) in [5, 5.41) is 2.49. The predicted molar refractivity (Wildman–Crippen MR) is 81.8 cm³/mol. The molecule has 0 radical (unpaired) electrons. The van der Waals surface area contributed by atoms with Gasteiger partial charge in [-0.1, -0.05) is 18.2 Å². The summed E-state index contributed by atoms with van der Waals surface area (Å²) >= 11 is 0. The van der Waals surface area contributed by atoms with Gasteiger partial charge in [0.2, 0.25) is 5.91 Å². The van der Waals surface area contributed by atoms with Crippen molar-refractivity contribution in [2.45, 2.75) is 38.3 Å². The molecule has 1 atom stereocenters. The normalized spacial score (nSPS) is 19.5. The van der Waals surface area contributed by atoms with Crippen LogP contribution in [0.3, 0.4) is 0 Å². The molecule has 0 spiro atoms. The number of imide groups is 1. The highest BCUT2D eigenvalue weighted by atomic mass is 16.2. The third-order valence-corrected chi connectivity index (χ3v) is 3.55. The van der Waals surface area contributed by atoms with Gasteiger partial charge in [-0.05, 0) is 45.4 Å². The first-order chi connectivity index (χ1) is 9.87. The summed E-state index contributed by atoms with van der Waals surface area (Å²) in [5.41, 5.74) is 6.17. The van der Waals surface area contributed by atoms with Crippen LogP contribution in [0, 0.1) is 0 Å². The number of hydrogen-bond acceptors (Lipinski definition) is 4. The summed E-state index contributed by atoms with van der Waals surface area (Å²) in [5.74, 6) is -0.579. The lowest BCUT2D eigenvalue weighted by Crippen LogP contribution is -2.52. The number of carbonyl (C=O) groups excluding carboxylic acids is 2. The highest BCUT2D eigenvalue weighted by molar-refractivity contribution is 6.06. The number of nitrogens with zero attached hydrogens (tertiary/aromatic N) is 1. The number of hydrogen-bond donors (Lipinski definition) is 2. The van der Waals surface area contributed by atoms with Gasteiger partial charge in [0.05, 0.1) is 6.04 Å². The minimum atomic E-state index is -0.355. The van der Waals surface area contributed by atoms with Gasteiger partial charge in [0, 0.05) is 17.6 Å². The molecule has 2 rings (SSSR count). The molecule has 1 saturated heterocycles. The molecule has 1 aliphatic heterocycles. The topological polar surface area (TPSA) is 75.4 Å². The van der Waals surface area contributed by atoms with Crippen molar-refractivity contribution < 1.29 is 9.59 Å². The molecule has 114 valence electrons. The van der Waals surface area contributed by atoms with Gasteiger partial charge in [0.25, 0.3) is 5.91 Å². The maximum absolute atomic E-state index is 12.3. The maximum atomic E-state index is 12.3. The van der Waals surface area contributed by atoms with Crippen LogP contribution in [0.4, 0.5) is 0 Å². The molecule has 1 unspecified atom stereocenters. The summed E-state index contributed by atoms with van der Waals surface area (Å²) in [6, 6.07) is 8.51. The number of rotatable bonds is 4. The Bertz CT molecular complexity index is 508. The molecule has 0 bridgehead atoms. The monoisotopic (exact) mass is 289 g/mol. The second-order valence-corrected chi connectivity index (χ2v) is 6.30. The standard InChI is InChI=1S/C16H23N3O2/c1-16(2,17)11-19-10-6-9-13(19)15(21)18-14(20)12-7-4-3-5-8-12/h3-5,7-8,13H,6,9-11,17H2,1-2H3,(H,18,20,21). The maximum Gasteiger partial charge on any atom is 0.257 e. The zero-order valence-electron chi connectivity index (χ0n) is 12.6. The first-order valence-electron chi connectivity index (χ1n) is 7.30. The van der Waals surface area contributed by atoms with Crippen molar-refractivity contribution in [2.75, 3.05) is 13.1 Å². The van der Waals surface area contributed by atoms with Crippen LogP contribution in [0.5, 0.6) is 0 Å². The summed E-state index contributed by atoms with van der Waals surface area (Å²) in [7, 11) is 0. The largest absolute Gasteiger partial charge is 0.324 e. The fourth-order valence-electron chi connectivity index (χ4n) is 2.69. The smallest absolute Gasteiger partial charge is 0.257 e. The average molecular weight is 289 g/mol. The molecule has 0 aliphatic carbocycles. The summed E-state index contributed by atoms with van der Waals surface area (Å²) in [4.78, 5) is 26.4. The van der Waals surface area contributed by atoms with E-state index in [1.54, 1.807) is 24.3 Å². The first-order valence-corrected chi connectivity index (χ1v) is 7.30. The van der Waals surface area contributed by atoms with Crippen molar-refractivity contribution >= 4 is 11.8 Å². The minimum Gasteiger partial charge on any atom is -0.324 e. The van der Waals surface area contributed by atoms with E-state index in [-0.39, 0.29) is 23.4 Å². The van der Waals surface area contributed by atoms with Crippen molar-refractivity contribution in [1.82, 2.24) is 10.2 Å². The second kappa shape index (κ2) is 6.37. The fraction of sp³-hybridized carbons (Fsp3) is 0.500. The summed E-state index contributed by atoms with van der Waals surface area (Å²) in [6.07, 6.45) is 1.72. The van der Waals surface area contributed by atoms with E-state index in [0.717, 1.165) is 19.4 Å². The number of likely N-dealkylation sites (tertiary alicyclic amines) is 1. The second-order valence-electron chi connectivity index (χ2n) is 6.30. The van der Waals surface area contributed by atoms with Gasteiger partial charge in [-0.15, -0.1) is 0 Å². The van der Waals surface area contributed by atoms with Gasteiger partial charge >= 0.3 is 0 Å². The van der Waals surface area contributed by atoms with Crippen molar-refractivity contribution in [3.63, 3.8) is 0 Å². The van der Waals surface area contributed by atoms with Crippen LogP contribution >= 0.6 is 0 Å². The van der Waals surface area contributed by atoms with Gasteiger partial charge < -0.3 is 5.73 Å². The molecular formula is C16H23N3O2. The van der Waals surface area contributed by atoms with Crippen LogP contribution in [0.15, 0.2) is 30.3 Å². The van der Waals surface area contributed by atoms with Gasteiger partial charge in [0.15, 0.2) is 0 Å². The third kappa shape index (κ3) is 4.37. The van der Waals surface area contributed by atoms with E-state index < -0.39 is 0 Å². The van der Waals surface area contributed by atoms with E-state index in [9.17, 15) is 9.59 Å². The highest BCUT2D eigenvalue weighted by Gasteiger charge is 2.33. The lowest BCUT2D eigenvalue weighted by atomic mass is 10.1. The molecule has 1 aliphatic rings. The Balaban J connectivity index is 1.98. The highest BCUT2D eigenvalue weighted by Crippen LogP contribution is 2.19. The van der Waals surface area contributed by atoms with E-state index in [2.05, 4.69) is 10.2 Å². The quantitative estimate of drug-likeness (QED) is 0.815. The molecule has 5 heteroatoms. The minimum absolute atomic E-state index is 0.231. The van der Waals surface area contributed by atoms with Crippen molar-refractivity contribution in [2.24, 2.45) is 5.73 Å². The molecule has 5 nitrogen and oxygen atoms in total. The molecule has 2 amide bonds. The molecule has 21 heavy (non-hydrogen) atoms. The third-order valence-electron chi connectivity index (χ3n) is 3.55. The van der Waals surface area contributed by atoms with Gasteiger partial charge in [-0.3, -0.25) is 19.8 Å². The lowest BCUT2D eigenvalue weighted by molar-refractivity contribution is -0.124. The zero-order chi connectivity index (χ0) is 15.5. The molecule has 1 fully saturated rings. The van der Waals surface area contributed by atoms with E-state index in [1.807, 2.05) is 19.9 Å². The van der Waals surface area contributed by atoms with Crippen molar-refractivity contribution in [1.29, 1.82) is 0 Å². The molecule has 1 heterocycles. The molecule has 0 saturated carbocycles. The number of benzene rings is 1. The van der Waals surface area contributed by atoms with Crippen molar-refractivity contribution in [3.8, 4) is 0 Å². The Morgan fingerprint density at radius 1 is 1.33 bits per heavy atom. The van der Waals surface area contributed by atoms with Crippen LogP contribution in [0.2, 0.25) is 0 Å². The fourth-order valence-corrected chi connectivity index (χ4v) is 2.69.